The topological polar surface area (TPSA) is 151 Å². The molecular formula is C13H21N3O9S2. The number of amides is 1. The molecule has 1 rings (SSSR count). The molecule has 1 aliphatic heterocycles. The Labute approximate surface area is 162 Å². The van der Waals surface area contributed by atoms with Crippen LogP contribution in [0.1, 0.15) is 19.8 Å². The van der Waals surface area contributed by atoms with Crippen molar-refractivity contribution in [2.45, 2.75) is 31.9 Å². The highest BCUT2D eigenvalue weighted by Crippen LogP contribution is 2.28. The summed E-state index contributed by atoms with van der Waals surface area (Å²) >= 11 is 0. The number of esters is 1. The molecule has 0 radical (unpaired) electrons. The number of methoxy groups -OCH3 is 1. The number of likely N-dealkylation sites (tertiary alicyclic amines) is 1. The first-order valence-corrected chi connectivity index (χ1v) is 10.5. The van der Waals surface area contributed by atoms with E-state index in [-0.39, 0.29) is 17.6 Å². The first-order chi connectivity index (χ1) is 12.8. The highest BCUT2D eigenvalue weighted by molar-refractivity contribution is 8.76. The van der Waals surface area contributed by atoms with Crippen molar-refractivity contribution in [3.8, 4) is 0 Å². The molecule has 1 heterocycles. The summed E-state index contributed by atoms with van der Waals surface area (Å²) in [4.78, 5) is 54.8. The van der Waals surface area contributed by atoms with Gasteiger partial charge >= 0.3 is 5.97 Å². The molecule has 0 N–H and O–H groups in total. The van der Waals surface area contributed by atoms with E-state index >= 15 is 0 Å². The Kier molecular flexibility index (Phi) is 9.99. The zero-order chi connectivity index (χ0) is 20.4. The zero-order valence-corrected chi connectivity index (χ0v) is 16.4. The van der Waals surface area contributed by atoms with Gasteiger partial charge in [0.1, 0.15) is 18.8 Å². The number of rotatable bonds is 12. The lowest BCUT2D eigenvalue weighted by Crippen LogP contribution is -2.43. The van der Waals surface area contributed by atoms with Gasteiger partial charge in [-0.25, -0.2) is 4.79 Å². The minimum Gasteiger partial charge on any atom is -0.467 e. The van der Waals surface area contributed by atoms with Crippen LogP contribution in [0.4, 0.5) is 0 Å². The fourth-order valence-electron chi connectivity index (χ4n) is 2.41. The molecule has 1 amide bonds. The molecular weight excluding hydrogens is 406 g/mol. The van der Waals surface area contributed by atoms with Crippen molar-refractivity contribution in [1.29, 1.82) is 0 Å². The maximum atomic E-state index is 12.5. The van der Waals surface area contributed by atoms with E-state index in [1.54, 1.807) is 6.92 Å². The quantitative estimate of drug-likeness (QED) is 0.144. The summed E-state index contributed by atoms with van der Waals surface area (Å²) < 4.78 is 4.72. The van der Waals surface area contributed by atoms with E-state index in [9.17, 15) is 29.8 Å². The Morgan fingerprint density at radius 1 is 1.22 bits per heavy atom. The molecule has 12 nitrogen and oxygen atoms in total. The van der Waals surface area contributed by atoms with Crippen LogP contribution in [0.5, 0.6) is 0 Å². The molecule has 1 saturated heterocycles. The SMILES string of the molecule is COC(=O)C1CCCN1C(=O)C(C)CSSCC(CO[N+](=O)[O-])O[N+](=O)[O-]. The molecule has 154 valence electrons. The fourth-order valence-corrected chi connectivity index (χ4v) is 4.91. The first-order valence-electron chi connectivity index (χ1n) is 7.97. The highest BCUT2D eigenvalue weighted by atomic mass is 33.1. The van der Waals surface area contributed by atoms with Crippen molar-refractivity contribution < 1.29 is 34.2 Å². The minimum absolute atomic E-state index is 0.0644. The summed E-state index contributed by atoms with van der Waals surface area (Å²) in [6.07, 6.45) is 0.205. The molecule has 3 atom stereocenters. The Hall–Kier alpha value is -1.96. The summed E-state index contributed by atoms with van der Waals surface area (Å²) in [5.41, 5.74) is 0. The average Bonchev–Trinajstić information content (AvgIpc) is 3.10. The third-order valence-electron chi connectivity index (χ3n) is 3.69. The van der Waals surface area contributed by atoms with Crippen LogP contribution in [0.15, 0.2) is 0 Å². The van der Waals surface area contributed by atoms with E-state index in [4.69, 9.17) is 4.74 Å². The number of carbonyl (C=O) groups is 2. The van der Waals surface area contributed by atoms with Gasteiger partial charge in [0.15, 0.2) is 0 Å². The second kappa shape index (κ2) is 11.7. The normalized spacial score (nSPS) is 18.4. The van der Waals surface area contributed by atoms with Gasteiger partial charge in [0, 0.05) is 24.0 Å². The van der Waals surface area contributed by atoms with Crippen LogP contribution in [0.3, 0.4) is 0 Å². The van der Waals surface area contributed by atoms with E-state index < -0.39 is 34.9 Å². The zero-order valence-electron chi connectivity index (χ0n) is 14.8. The maximum absolute atomic E-state index is 12.5. The molecule has 0 saturated carbocycles. The Morgan fingerprint density at radius 3 is 2.48 bits per heavy atom. The Bertz CT molecular complexity index is 551. The van der Waals surface area contributed by atoms with Crippen molar-refractivity contribution in [3.63, 3.8) is 0 Å². The molecule has 0 aromatic rings. The van der Waals surface area contributed by atoms with Gasteiger partial charge < -0.3 is 19.3 Å². The minimum atomic E-state index is -1.10. The lowest BCUT2D eigenvalue weighted by Gasteiger charge is -2.25. The standard InChI is InChI=1S/C13H21N3O9S2/c1-9(12(17)14-5-3-4-11(14)13(18)23-2)7-26-27-8-10(25-16(21)22)6-24-15(19)20/h9-11H,3-8H2,1-2H3. The molecule has 0 bridgehead atoms. The van der Waals surface area contributed by atoms with Crippen LogP contribution in [0, 0.1) is 26.1 Å². The van der Waals surface area contributed by atoms with Crippen molar-refractivity contribution in [2.24, 2.45) is 5.92 Å². The predicted octanol–water partition coefficient (Wildman–Crippen LogP) is 0.953. The number of hydrogen-bond acceptors (Lipinski definition) is 11. The summed E-state index contributed by atoms with van der Waals surface area (Å²) in [7, 11) is 3.74. The van der Waals surface area contributed by atoms with Gasteiger partial charge in [0.05, 0.1) is 7.11 Å². The maximum Gasteiger partial charge on any atom is 0.328 e. The largest absolute Gasteiger partial charge is 0.467 e. The van der Waals surface area contributed by atoms with Crippen LogP contribution in [0.25, 0.3) is 0 Å². The number of ether oxygens (including phenoxy) is 1. The van der Waals surface area contributed by atoms with E-state index in [0.29, 0.717) is 18.7 Å². The summed E-state index contributed by atoms with van der Waals surface area (Å²) in [6, 6.07) is -0.556. The van der Waals surface area contributed by atoms with Gasteiger partial charge in [0.25, 0.3) is 10.2 Å². The van der Waals surface area contributed by atoms with Gasteiger partial charge in [-0.15, -0.1) is 20.2 Å². The lowest BCUT2D eigenvalue weighted by molar-refractivity contribution is -0.788. The van der Waals surface area contributed by atoms with Crippen LogP contribution in [0.2, 0.25) is 0 Å². The van der Waals surface area contributed by atoms with Crippen LogP contribution < -0.4 is 0 Å². The van der Waals surface area contributed by atoms with Crippen molar-refractivity contribution in [1.82, 2.24) is 4.90 Å². The summed E-state index contributed by atoms with van der Waals surface area (Å²) in [5, 5.41) is 18.5. The average molecular weight is 427 g/mol. The van der Waals surface area contributed by atoms with Gasteiger partial charge in [0.2, 0.25) is 5.91 Å². The second-order valence-electron chi connectivity index (χ2n) is 5.65. The molecule has 0 aromatic heterocycles. The van der Waals surface area contributed by atoms with E-state index in [1.165, 1.54) is 33.6 Å². The number of carbonyl (C=O) groups excluding carboxylic acids is 2. The van der Waals surface area contributed by atoms with E-state index in [2.05, 4.69) is 9.68 Å². The van der Waals surface area contributed by atoms with Gasteiger partial charge in [-0.05, 0) is 12.8 Å². The van der Waals surface area contributed by atoms with E-state index in [0.717, 1.165) is 6.42 Å². The molecule has 0 aliphatic carbocycles. The molecule has 3 unspecified atom stereocenters. The monoisotopic (exact) mass is 427 g/mol. The number of nitrogens with zero attached hydrogens (tertiary/aromatic N) is 3. The Morgan fingerprint density at radius 2 is 1.89 bits per heavy atom. The molecule has 1 aliphatic rings. The van der Waals surface area contributed by atoms with Crippen LogP contribution in [-0.4, -0.2) is 70.9 Å². The molecule has 0 aromatic carbocycles. The first kappa shape index (κ1) is 23.1. The summed E-state index contributed by atoms with van der Waals surface area (Å²) in [5.74, 6) is -0.506. The fraction of sp³-hybridized carbons (Fsp3) is 0.846. The van der Waals surface area contributed by atoms with Gasteiger partial charge in [-0.3, -0.25) is 4.79 Å². The van der Waals surface area contributed by atoms with Gasteiger partial charge in [-0.2, -0.15) is 0 Å². The Balaban J connectivity index is 2.40. The van der Waals surface area contributed by atoms with Crippen molar-refractivity contribution in [3.05, 3.63) is 20.2 Å². The molecule has 1 fully saturated rings. The third kappa shape index (κ3) is 8.07. The molecule has 0 spiro atoms. The summed E-state index contributed by atoms with van der Waals surface area (Å²) in [6.45, 7) is 1.66. The van der Waals surface area contributed by atoms with Crippen molar-refractivity contribution >= 4 is 33.5 Å². The highest BCUT2D eigenvalue weighted by Gasteiger charge is 2.36. The van der Waals surface area contributed by atoms with Crippen LogP contribution in [-0.2, 0) is 24.0 Å². The van der Waals surface area contributed by atoms with Crippen molar-refractivity contribution in [2.75, 3.05) is 31.8 Å². The second-order valence-corrected chi connectivity index (χ2v) is 8.21. The lowest BCUT2D eigenvalue weighted by atomic mass is 10.1. The van der Waals surface area contributed by atoms with E-state index in [1.807, 2.05) is 0 Å². The molecule has 27 heavy (non-hydrogen) atoms. The van der Waals surface area contributed by atoms with Gasteiger partial charge in [-0.1, -0.05) is 28.5 Å². The predicted molar refractivity (Wildman–Crippen MR) is 95.6 cm³/mol. The third-order valence-corrected chi connectivity index (χ3v) is 6.31. The molecule has 14 heteroatoms. The number of hydrogen-bond donors (Lipinski definition) is 0. The smallest absolute Gasteiger partial charge is 0.328 e. The van der Waals surface area contributed by atoms with Crippen LogP contribution >= 0.6 is 21.6 Å².